The second-order valence-electron chi connectivity index (χ2n) is 3.76. The van der Waals surface area contributed by atoms with Crippen LogP contribution in [0.2, 0.25) is 0 Å². The molecule has 6 heteroatoms. The molecule has 2 aromatic heterocycles. The number of thiazole rings is 1. The molecule has 16 heavy (non-hydrogen) atoms. The van der Waals surface area contributed by atoms with Gasteiger partial charge in [-0.05, 0) is 0 Å². The highest BCUT2D eigenvalue weighted by atomic mass is 32.1. The van der Waals surface area contributed by atoms with Crippen molar-refractivity contribution in [3.63, 3.8) is 0 Å². The molecule has 1 atom stereocenters. The molecule has 86 valence electrons. The van der Waals surface area contributed by atoms with Gasteiger partial charge in [-0.1, -0.05) is 6.92 Å². The van der Waals surface area contributed by atoms with Crippen molar-refractivity contribution >= 4 is 22.8 Å². The topological polar surface area (TPSA) is 68.8 Å². The monoisotopic (exact) mass is 237 g/mol. The summed E-state index contributed by atoms with van der Waals surface area (Å²) in [4.78, 5) is 4.28. The highest BCUT2D eigenvalue weighted by Crippen LogP contribution is 2.20. The van der Waals surface area contributed by atoms with Crippen molar-refractivity contribution in [2.75, 3.05) is 17.6 Å². The molecule has 0 saturated heterocycles. The zero-order valence-corrected chi connectivity index (χ0v) is 10.2. The molecule has 2 rings (SSSR count). The number of hydrogen-bond donors (Lipinski definition) is 2. The van der Waals surface area contributed by atoms with Crippen LogP contribution in [0.1, 0.15) is 17.8 Å². The van der Waals surface area contributed by atoms with Gasteiger partial charge in [0.2, 0.25) is 0 Å². The number of nitrogens with two attached hydrogens (primary N) is 1. The fourth-order valence-electron chi connectivity index (χ4n) is 1.46. The van der Waals surface area contributed by atoms with Crippen LogP contribution in [-0.4, -0.2) is 21.3 Å². The smallest absolute Gasteiger partial charge is 0.171 e. The molecule has 0 aliphatic carbocycles. The predicted molar refractivity (Wildman–Crippen MR) is 66.6 cm³/mol. The Morgan fingerprint density at radius 1 is 1.62 bits per heavy atom. The zero-order valence-electron chi connectivity index (χ0n) is 9.34. The van der Waals surface area contributed by atoms with Gasteiger partial charge in [-0.3, -0.25) is 4.68 Å². The first-order chi connectivity index (χ1) is 7.66. The number of hydrogen-bond acceptors (Lipinski definition) is 5. The van der Waals surface area contributed by atoms with E-state index < -0.39 is 0 Å². The Labute approximate surface area is 98.3 Å². The third kappa shape index (κ3) is 2.33. The molecule has 3 N–H and O–H groups in total. The summed E-state index contributed by atoms with van der Waals surface area (Å²) < 4.78 is 1.70. The minimum atomic E-state index is 0.362. The number of nitrogen functional groups attached to an aromatic ring is 1. The molecule has 0 saturated carbocycles. The fraction of sp³-hybridized carbons (Fsp3) is 0.400. The molecule has 0 aliphatic heterocycles. The Morgan fingerprint density at radius 3 is 3.00 bits per heavy atom. The number of aryl methyl sites for hydroxylation is 1. The van der Waals surface area contributed by atoms with E-state index in [9.17, 15) is 0 Å². The normalized spacial score (nSPS) is 12.6. The standard InChI is InChI=1S/C10H15N5S/c1-7(10-12-3-4-16-10)5-13-9-8(11)6-15(2)14-9/h3-4,6-7H,5,11H2,1-2H3,(H,13,14). The Balaban J connectivity index is 1.95. The Hall–Kier alpha value is -1.56. The number of anilines is 2. The molecule has 0 radical (unpaired) electrons. The van der Waals surface area contributed by atoms with Crippen LogP contribution in [0.5, 0.6) is 0 Å². The van der Waals surface area contributed by atoms with E-state index in [-0.39, 0.29) is 0 Å². The minimum absolute atomic E-state index is 0.362. The maximum atomic E-state index is 5.79. The molecule has 2 heterocycles. The summed E-state index contributed by atoms with van der Waals surface area (Å²) in [7, 11) is 1.85. The molecule has 0 fully saturated rings. The van der Waals surface area contributed by atoms with Gasteiger partial charge in [-0.25, -0.2) is 4.98 Å². The molecule has 0 spiro atoms. The average Bonchev–Trinajstić information content (AvgIpc) is 2.84. The minimum Gasteiger partial charge on any atom is -0.394 e. The SMILES string of the molecule is CC(CNc1nn(C)cc1N)c1nccs1. The summed E-state index contributed by atoms with van der Waals surface area (Å²) in [6.45, 7) is 2.92. The van der Waals surface area contributed by atoms with Gasteiger partial charge in [0.1, 0.15) is 0 Å². The predicted octanol–water partition coefficient (Wildman–Crippen LogP) is 1.67. The van der Waals surface area contributed by atoms with Crippen LogP contribution in [0.3, 0.4) is 0 Å². The van der Waals surface area contributed by atoms with E-state index in [1.54, 1.807) is 22.2 Å². The third-order valence-electron chi connectivity index (χ3n) is 2.31. The van der Waals surface area contributed by atoms with Crippen LogP contribution in [0, 0.1) is 0 Å². The van der Waals surface area contributed by atoms with Gasteiger partial charge < -0.3 is 11.1 Å². The van der Waals surface area contributed by atoms with Crippen molar-refractivity contribution in [1.29, 1.82) is 0 Å². The van der Waals surface area contributed by atoms with E-state index >= 15 is 0 Å². The van der Waals surface area contributed by atoms with Crippen LogP contribution in [0.4, 0.5) is 11.5 Å². The maximum absolute atomic E-state index is 5.79. The lowest BCUT2D eigenvalue weighted by atomic mass is 10.2. The first-order valence-electron chi connectivity index (χ1n) is 5.09. The summed E-state index contributed by atoms with van der Waals surface area (Å²) in [5.74, 6) is 1.10. The van der Waals surface area contributed by atoms with Crippen LogP contribution >= 0.6 is 11.3 Å². The summed E-state index contributed by atoms with van der Waals surface area (Å²) >= 11 is 1.67. The van der Waals surface area contributed by atoms with E-state index in [1.165, 1.54) is 0 Å². The Bertz CT molecular complexity index is 448. The van der Waals surface area contributed by atoms with Gasteiger partial charge in [0.25, 0.3) is 0 Å². The molecule has 0 aliphatic rings. The molecule has 2 aromatic rings. The highest BCUT2D eigenvalue weighted by molar-refractivity contribution is 7.09. The second kappa shape index (κ2) is 4.52. The number of nitrogens with zero attached hydrogens (tertiary/aromatic N) is 3. The molecule has 0 aromatic carbocycles. The molecule has 1 unspecified atom stereocenters. The van der Waals surface area contributed by atoms with E-state index in [4.69, 9.17) is 5.73 Å². The van der Waals surface area contributed by atoms with Gasteiger partial charge >= 0.3 is 0 Å². The molecule has 5 nitrogen and oxygen atoms in total. The maximum Gasteiger partial charge on any atom is 0.171 e. The van der Waals surface area contributed by atoms with Crippen molar-refractivity contribution in [2.24, 2.45) is 7.05 Å². The lowest BCUT2D eigenvalue weighted by Gasteiger charge is -2.09. The van der Waals surface area contributed by atoms with Crippen LogP contribution in [0.25, 0.3) is 0 Å². The lowest BCUT2D eigenvalue weighted by molar-refractivity contribution is 0.755. The molecule has 0 amide bonds. The van der Waals surface area contributed by atoms with Gasteiger partial charge in [-0.15, -0.1) is 11.3 Å². The van der Waals surface area contributed by atoms with Crippen molar-refractivity contribution < 1.29 is 0 Å². The quantitative estimate of drug-likeness (QED) is 0.848. The number of nitrogens with one attached hydrogen (secondary N) is 1. The second-order valence-corrected chi connectivity index (χ2v) is 4.69. The molecule has 0 bridgehead atoms. The fourth-order valence-corrected chi connectivity index (χ4v) is 2.16. The van der Waals surface area contributed by atoms with E-state index in [0.29, 0.717) is 11.6 Å². The Kier molecular flexibility index (Phi) is 3.09. The first-order valence-corrected chi connectivity index (χ1v) is 5.97. The van der Waals surface area contributed by atoms with Crippen molar-refractivity contribution in [3.05, 3.63) is 22.8 Å². The van der Waals surface area contributed by atoms with Crippen molar-refractivity contribution in [3.8, 4) is 0 Å². The van der Waals surface area contributed by atoms with Gasteiger partial charge in [0.15, 0.2) is 5.82 Å². The van der Waals surface area contributed by atoms with Crippen LogP contribution < -0.4 is 11.1 Å². The van der Waals surface area contributed by atoms with Gasteiger partial charge in [0.05, 0.1) is 10.7 Å². The van der Waals surface area contributed by atoms with Crippen LogP contribution in [-0.2, 0) is 7.05 Å². The summed E-state index contributed by atoms with van der Waals surface area (Å²) in [5, 5.41) is 10.6. The third-order valence-corrected chi connectivity index (χ3v) is 3.31. The van der Waals surface area contributed by atoms with Crippen molar-refractivity contribution in [2.45, 2.75) is 12.8 Å². The number of rotatable bonds is 4. The van der Waals surface area contributed by atoms with Crippen LogP contribution in [0.15, 0.2) is 17.8 Å². The molecular formula is C10H15N5S. The first kappa shape index (κ1) is 10.9. The largest absolute Gasteiger partial charge is 0.394 e. The molecular weight excluding hydrogens is 222 g/mol. The van der Waals surface area contributed by atoms with E-state index in [0.717, 1.165) is 17.4 Å². The van der Waals surface area contributed by atoms with Gasteiger partial charge in [-0.2, -0.15) is 5.10 Å². The summed E-state index contributed by atoms with van der Waals surface area (Å²) in [5.41, 5.74) is 6.46. The van der Waals surface area contributed by atoms with Crippen molar-refractivity contribution in [1.82, 2.24) is 14.8 Å². The summed E-state index contributed by atoms with van der Waals surface area (Å²) in [6, 6.07) is 0. The Morgan fingerprint density at radius 2 is 2.44 bits per heavy atom. The van der Waals surface area contributed by atoms with Gasteiger partial charge in [0, 0.05) is 37.3 Å². The lowest BCUT2D eigenvalue weighted by Crippen LogP contribution is -2.11. The van der Waals surface area contributed by atoms with E-state index in [1.807, 2.05) is 18.6 Å². The van der Waals surface area contributed by atoms with E-state index in [2.05, 4.69) is 22.3 Å². The zero-order chi connectivity index (χ0) is 11.5. The summed E-state index contributed by atoms with van der Waals surface area (Å²) in [6.07, 6.45) is 3.61. The average molecular weight is 237 g/mol. The highest BCUT2D eigenvalue weighted by Gasteiger charge is 2.10. The number of aromatic nitrogens is 3.